The Morgan fingerprint density at radius 1 is 1.43 bits per heavy atom. The van der Waals surface area contributed by atoms with E-state index in [1.807, 2.05) is 19.2 Å². The Balaban J connectivity index is 1.71. The Hall–Kier alpha value is -2.08. The molecule has 0 aromatic carbocycles. The molecule has 0 radical (unpaired) electrons. The number of halogens is 1. The second-order valence-electron chi connectivity index (χ2n) is 4.78. The second-order valence-corrected chi connectivity index (χ2v) is 5.13. The van der Waals surface area contributed by atoms with Crippen LogP contribution in [0.25, 0.3) is 0 Å². The van der Waals surface area contributed by atoms with Gasteiger partial charge in [-0.05, 0) is 12.1 Å². The molecule has 1 atom stereocenters. The molecule has 3 heterocycles. The van der Waals surface area contributed by atoms with Gasteiger partial charge in [0.2, 0.25) is 0 Å². The quantitative estimate of drug-likeness (QED) is 0.874. The molecule has 3 rings (SSSR count). The standard InChI is InChI=1S/C14H16ClN5O/c1-16-12-13(15)18-9-19-14(12)20-6-4-11(8-20)21-10-3-2-5-17-7-10/h2-3,5,7,9,11,16H,4,6,8H2,1H3. The maximum absolute atomic E-state index is 6.09. The fourth-order valence-electron chi connectivity index (χ4n) is 2.44. The molecule has 1 aliphatic heterocycles. The molecule has 0 bridgehead atoms. The van der Waals surface area contributed by atoms with Crippen molar-refractivity contribution in [1.29, 1.82) is 0 Å². The number of aromatic nitrogens is 3. The van der Waals surface area contributed by atoms with Crippen LogP contribution >= 0.6 is 11.6 Å². The predicted molar refractivity (Wildman–Crippen MR) is 82.1 cm³/mol. The van der Waals surface area contributed by atoms with Crippen LogP contribution in [0.1, 0.15) is 6.42 Å². The third-order valence-corrected chi connectivity index (χ3v) is 3.70. The Bertz CT molecular complexity index is 610. The Kier molecular flexibility index (Phi) is 4.06. The molecule has 2 aromatic heterocycles. The first-order valence-corrected chi connectivity index (χ1v) is 7.15. The van der Waals surface area contributed by atoms with Crippen LogP contribution in [0.4, 0.5) is 11.5 Å². The number of pyridine rings is 1. The number of rotatable bonds is 4. The zero-order valence-electron chi connectivity index (χ0n) is 11.7. The fourth-order valence-corrected chi connectivity index (χ4v) is 2.66. The number of nitrogens with one attached hydrogen (secondary N) is 1. The van der Waals surface area contributed by atoms with Crippen molar-refractivity contribution in [3.05, 3.63) is 36.0 Å². The van der Waals surface area contributed by atoms with Crippen molar-refractivity contribution in [2.75, 3.05) is 30.4 Å². The fraction of sp³-hybridized carbons (Fsp3) is 0.357. The van der Waals surface area contributed by atoms with E-state index in [1.165, 1.54) is 6.33 Å². The first kappa shape index (κ1) is 13.9. The van der Waals surface area contributed by atoms with Gasteiger partial charge < -0.3 is 15.0 Å². The molecule has 1 N–H and O–H groups in total. The summed E-state index contributed by atoms with van der Waals surface area (Å²) < 4.78 is 5.93. The molecule has 110 valence electrons. The van der Waals surface area contributed by atoms with Gasteiger partial charge in [0.15, 0.2) is 11.0 Å². The summed E-state index contributed by atoms with van der Waals surface area (Å²) in [4.78, 5) is 14.5. The highest BCUT2D eigenvalue weighted by atomic mass is 35.5. The van der Waals surface area contributed by atoms with Crippen molar-refractivity contribution >= 4 is 23.1 Å². The van der Waals surface area contributed by atoms with Gasteiger partial charge in [-0.3, -0.25) is 4.98 Å². The lowest BCUT2D eigenvalue weighted by Gasteiger charge is -2.20. The highest BCUT2D eigenvalue weighted by Gasteiger charge is 2.27. The molecule has 0 saturated carbocycles. The molecule has 1 aliphatic rings. The van der Waals surface area contributed by atoms with E-state index < -0.39 is 0 Å². The lowest BCUT2D eigenvalue weighted by atomic mass is 10.3. The average Bonchev–Trinajstić information content (AvgIpc) is 2.96. The van der Waals surface area contributed by atoms with Crippen molar-refractivity contribution in [2.45, 2.75) is 12.5 Å². The zero-order chi connectivity index (χ0) is 14.7. The molecule has 0 amide bonds. The van der Waals surface area contributed by atoms with Gasteiger partial charge in [0.05, 0.1) is 12.7 Å². The van der Waals surface area contributed by atoms with E-state index in [-0.39, 0.29) is 6.10 Å². The van der Waals surface area contributed by atoms with Crippen LogP contribution in [0.15, 0.2) is 30.9 Å². The minimum atomic E-state index is 0.118. The molecule has 0 aliphatic carbocycles. The van der Waals surface area contributed by atoms with Crippen LogP contribution in [0.3, 0.4) is 0 Å². The lowest BCUT2D eigenvalue weighted by Crippen LogP contribution is -2.26. The van der Waals surface area contributed by atoms with E-state index in [2.05, 4.69) is 25.2 Å². The Morgan fingerprint density at radius 2 is 2.33 bits per heavy atom. The van der Waals surface area contributed by atoms with Crippen molar-refractivity contribution in [1.82, 2.24) is 15.0 Å². The minimum absolute atomic E-state index is 0.118. The van der Waals surface area contributed by atoms with Crippen LogP contribution in [-0.2, 0) is 0 Å². The molecule has 6 nitrogen and oxygen atoms in total. The maximum Gasteiger partial charge on any atom is 0.157 e. The largest absolute Gasteiger partial charge is 0.487 e. The normalized spacial score (nSPS) is 17.8. The Morgan fingerprint density at radius 3 is 3.10 bits per heavy atom. The van der Waals surface area contributed by atoms with Crippen LogP contribution in [0, 0.1) is 0 Å². The SMILES string of the molecule is CNc1c(Cl)ncnc1N1CCC(Oc2cccnc2)C1. The van der Waals surface area contributed by atoms with Crippen molar-refractivity contribution < 1.29 is 4.74 Å². The molecular weight excluding hydrogens is 290 g/mol. The zero-order valence-corrected chi connectivity index (χ0v) is 12.4. The predicted octanol–water partition coefficient (Wildman–Crippen LogP) is 2.22. The van der Waals surface area contributed by atoms with E-state index >= 15 is 0 Å². The summed E-state index contributed by atoms with van der Waals surface area (Å²) in [5.41, 5.74) is 0.751. The van der Waals surface area contributed by atoms with E-state index in [0.717, 1.165) is 36.8 Å². The summed E-state index contributed by atoms with van der Waals surface area (Å²) in [6.07, 6.45) is 5.99. The summed E-state index contributed by atoms with van der Waals surface area (Å²) >= 11 is 6.09. The molecule has 1 unspecified atom stereocenters. The first-order chi connectivity index (χ1) is 10.3. The van der Waals surface area contributed by atoms with Gasteiger partial charge >= 0.3 is 0 Å². The Labute approximate surface area is 128 Å². The number of ether oxygens (including phenoxy) is 1. The smallest absolute Gasteiger partial charge is 0.157 e. The monoisotopic (exact) mass is 305 g/mol. The van der Waals surface area contributed by atoms with E-state index in [4.69, 9.17) is 16.3 Å². The second kappa shape index (κ2) is 6.13. The van der Waals surface area contributed by atoms with Gasteiger partial charge in [0, 0.05) is 26.2 Å². The van der Waals surface area contributed by atoms with Gasteiger partial charge in [-0.2, -0.15) is 0 Å². The average molecular weight is 306 g/mol. The van der Waals surface area contributed by atoms with E-state index in [1.54, 1.807) is 12.4 Å². The molecule has 1 fully saturated rings. The topological polar surface area (TPSA) is 63.2 Å². The summed E-state index contributed by atoms with van der Waals surface area (Å²) in [5, 5.41) is 3.49. The van der Waals surface area contributed by atoms with Crippen molar-refractivity contribution in [2.24, 2.45) is 0 Å². The van der Waals surface area contributed by atoms with Crippen molar-refractivity contribution in [3.8, 4) is 5.75 Å². The van der Waals surface area contributed by atoms with Crippen LogP contribution in [-0.4, -0.2) is 41.2 Å². The number of anilines is 2. The van der Waals surface area contributed by atoms with Gasteiger partial charge in [-0.1, -0.05) is 11.6 Å². The van der Waals surface area contributed by atoms with E-state index in [0.29, 0.717) is 5.15 Å². The summed E-state index contributed by atoms with van der Waals surface area (Å²) in [7, 11) is 1.81. The maximum atomic E-state index is 6.09. The number of hydrogen-bond acceptors (Lipinski definition) is 6. The highest BCUT2D eigenvalue weighted by Crippen LogP contribution is 2.31. The van der Waals surface area contributed by atoms with Crippen LogP contribution < -0.4 is 15.0 Å². The van der Waals surface area contributed by atoms with Gasteiger partial charge in [-0.25, -0.2) is 9.97 Å². The van der Waals surface area contributed by atoms with Crippen molar-refractivity contribution in [3.63, 3.8) is 0 Å². The molecule has 1 saturated heterocycles. The highest BCUT2D eigenvalue weighted by molar-refractivity contribution is 6.32. The molecule has 0 spiro atoms. The lowest BCUT2D eigenvalue weighted by molar-refractivity contribution is 0.224. The first-order valence-electron chi connectivity index (χ1n) is 6.78. The third kappa shape index (κ3) is 3.00. The van der Waals surface area contributed by atoms with Gasteiger partial charge in [-0.15, -0.1) is 0 Å². The molecule has 2 aromatic rings. The summed E-state index contributed by atoms with van der Waals surface area (Å²) in [6.45, 7) is 1.63. The molecule has 7 heteroatoms. The van der Waals surface area contributed by atoms with Gasteiger partial charge in [0.1, 0.15) is 23.9 Å². The minimum Gasteiger partial charge on any atom is -0.487 e. The molecular formula is C14H16ClN5O. The molecule has 21 heavy (non-hydrogen) atoms. The number of hydrogen-bond donors (Lipinski definition) is 1. The van der Waals surface area contributed by atoms with Crippen LogP contribution in [0.5, 0.6) is 5.75 Å². The summed E-state index contributed by atoms with van der Waals surface area (Å²) in [6, 6.07) is 3.78. The number of nitrogens with zero attached hydrogens (tertiary/aromatic N) is 4. The summed E-state index contributed by atoms with van der Waals surface area (Å²) in [5.74, 6) is 1.61. The third-order valence-electron chi connectivity index (χ3n) is 3.41. The van der Waals surface area contributed by atoms with E-state index in [9.17, 15) is 0 Å². The van der Waals surface area contributed by atoms with Crippen LogP contribution in [0.2, 0.25) is 5.15 Å². The van der Waals surface area contributed by atoms with Gasteiger partial charge in [0.25, 0.3) is 0 Å².